The van der Waals surface area contributed by atoms with Crippen molar-refractivity contribution in [3.63, 3.8) is 0 Å². The number of hydrogen-bond donors (Lipinski definition) is 2. The number of aryl methyl sites for hydroxylation is 1. The second-order valence-electron chi connectivity index (χ2n) is 5.79. The highest BCUT2D eigenvalue weighted by molar-refractivity contribution is 8.00. The van der Waals surface area contributed by atoms with Crippen LogP contribution in [0.5, 0.6) is 0 Å². The van der Waals surface area contributed by atoms with Crippen molar-refractivity contribution in [3.05, 3.63) is 71.9 Å². The molecule has 0 spiro atoms. The molecule has 2 aromatic heterocycles. The van der Waals surface area contributed by atoms with E-state index in [2.05, 4.69) is 15.8 Å². The molecule has 3 aromatic rings. The molecule has 3 rings (SSSR count). The van der Waals surface area contributed by atoms with E-state index in [4.69, 9.17) is 8.94 Å². The lowest BCUT2D eigenvalue weighted by Gasteiger charge is -2.17. The fourth-order valence-corrected chi connectivity index (χ4v) is 3.09. The van der Waals surface area contributed by atoms with E-state index in [1.165, 1.54) is 11.8 Å². The van der Waals surface area contributed by atoms with Crippen molar-refractivity contribution < 1.29 is 18.5 Å². The van der Waals surface area contributed by atoms with Crippen LogP contribution < -0.4 is 10.6 Å². The van der Waals surface area contributed by atoms with Crippen molar-refractivity contribution in [2.45, 2.75) is 13.0 Å². The summed E-state index contributed by atoms with van der Waals surface area (Å²) in [7, 11) is 0. The maximum Gasteiger partial charge on any atom is 0.235 e. The van der Waals surface area contributed by atoms with E-state index in [1.54, 1.807) is 25.3 Å². The van der Waals surface area contributed by atoms with Gasteiger partial charge in [0.25, 0.3) is 0 Å². The average molecular weight is 385 g/mol. The predicted molar refractivity (Wildman–Crippen MR) is 102 cm³/mol. The molecule has 0 saturated carbocycles. The molecule has 0 aliphatic rings. The summed E-state index contributed by atoms with van der Waals surface area (Å²) >= 11 is 1.22. The molecule has 1 atom stereocenters. The zero-order chi connectivity index (χ0) is 19.1. The first kappa shape index (κ1) is 18.8. The van der Waals surface area contributed by atoms with Crippen molar-refractivity contribution in [1.82, 2.24) is 10.5 Å². The van der Waals surface area contributed by atoms with Crippen molar-refractivity contribution in [2.24, 2.45) is 0 Å². The van der Waals surface area contributed by atoms with Gasteiger partial charge in [0, 0.05) is 6.07 Å². The Kier molecular flexibility index (Phi) is 6.32. The van der Waals surface area contributed by atoms with Gasteiger partial charge in [-0.3, -0.25) is 9.59 Å². The van der Waals surface area contributed by atoms with E-state index in [-0.39, 0.29) is 29.4 Å². The van der Waals surface area contributed by atoms with Gasteiger partial charge in [-0.25, -0.2) is 0 Å². The number of rotatable bonds is 8. The van der Waals surface area contributed by atoms with Gasteiger partial charge in [0.1, 0.15) is 17.6 Å². The van der Waals surface area contributed by atoms with Crippen molar-refractivity contribution in [1.29, 1.82) is 0 Å². The molecule has 2 heterocycles. The molecule has 0 radical (unpaired) electrons. The number of anilines is 1. The third-order valence-corrected chi connectivity index (χ3v) is 4.56. The first-order chi connectivity index (χ1) is 13.1. The standard InChI is InChI=1S/C19H19N3O4S/c1-13-10-16(22-26-13)20-17(23)11-27-12-18(24)21-19(15-8-5-9-25-15)14-6-3-2-4-7-14/h2-10,19H,11-12H2,1H3,(H,21,24)(H,20,22,23). The summed E-state index contributed by atoms with van der Waals surface area (Å²) in [6.07, 6.45) is 1.57. The summed E-state index contributed by atoms with van der Waals surface area (Å²) in [5.74, 6) is 1.48. The molecule has 27 heavy (non-hydrogen) atoms. The van der Waals surface area contributed by atoms with Crippen LogP contribution in [0.2, 0.25) is 0 Å². The molecule has 7 nitrogen and oxygen atoms in total. The largest absolute Gasteiger partial charge is 0.467 e. The fourth-order valence-electron chi connectivity index (χ4n) is 2.46. The third-order valence-electron chi connectivity index (χ3n) is 3.63. The Morgan fingerprint density at radius 3 is 2.56 bits per heavy atom. The monoisotopic (exact) mass is 385 g/mol. The number of hydrogen-bond acceptors (Lipinski definition) is 6. The molecular weight excluding hydrogens is 366 g/mol. The van der Waals surface area contributed by atoms with Crippen molar-refractivity contribution >= 4 is 29.4 Å². The highest BCUT2D eigenvalue weighted by Crippen LogP contribution is 2.22. The number of thioether (sulfide) groups is 1. The fraction of sp³-hybridized carbons (Fsp3) is 0.211. The molecule has 2 N–H and O–H groups in total. The molecule has 0 saturated heterocycles. The lowest BCUT2D eigenvalue weighted by atomic mass is 10.0. The molecule has 0 aliphatic carbocycles. The number of benzene rings is 1. The van der Waals surface area contributed by atoms with E-state index < -0.39 is 0 Å². The van der Waals surface area contributed by atoms with Crippen LogP contribution in [0.3, 0.4) is 0 Å². The normalized spacial score (nSPS) is 11.7. The van der Waals surface area contributed by atoms with Gasteiger partial charge in [-0.2, -0.15) is 0 Å². The third kappa shape index (κ3) is 5.49. The number of nitrogens with one attached hydrogen (secondary N) is 2. The molecule has 2 amide bonds. The zero-order valence-electron chi connectivity index (χ0n) is 14.7. The van der Waals surface area contributed by atoms with Gasteiger partial charge in [0.15, 0.2) is 5.82 Å². The van der Waals surface area contributed by atoms with E-state index >= 15 is 0 Å². The number of carbonyl (C=O) groups excluding carboxylic acids is 2. The van der Waals surface area contributed by atoms with Gasteiger partial charge in [0.05, 0.1) is 17.8 Å². The number of amides is 2. The molecular formula is C19H19N3O4S. The zero-order valence-corrected chi connectivity index (χ0v) is 15.5. The van der Waals surface area contributed by atoms with Crippen LogP contribution in [0.4, 0.5) is 5.82 Å². The maximum absolute atomic E-state index is 12.3. The highest BCUT2D eigenvalue weighted by atomic mass is 32.2. The van der Waals surface area contributed by atoms with Gasteiger partial charge in [0.2, 0.25) is 11.8 Å². The summed E-state index contributed by atoms with van der Waals surface area (Å²) < 4.78 is 10.3. The Hall–Kier alpha value is -3.00. The van der Waals surface area contributed by atoms with Crippen LogP contribution in [-0.2, 0) is 9.59 Å². The summed E-state index contributed by atoms with van der Waals surface area (Å²) in [5, 5.41) is 9.26. The van der Waals surface area contributed by atoms with Crippen molar-refractivity contribution in [2.75, 3.05) is 16.8 Å². The van der Waals surface area contributed by atoms with E-state index in [0.29, 0.717) is 17.3 Å². The lowest BCUT2D eigenvalue weighted by molar-refractivity contribution is -0.119. The van der Waals surface area contributed by atoms with Crippen LogP contribution >= 0.6 is 11.8 Å². The molecule has 0 aliphatic heterocycles. The summed E-state index contributed by atoms with van der Waals surface area (Å²) in [5.41, 5.74) is 0.921. The Labute approximate surface area is 160 Å². The number of nitrogens with zero attached hydrogens (tertiary/aromatic N) is 1. The Bertz CT molecular complexity index is 878. The lowest BCUT2D eigenvalue weighted by Crippen LogP contribution is -2.31. The summed E-state index contributed by atoms with van der Waals surface area (Å²) in [6, 6.07) is 14.4. The van der Waals surface area contributed by atoms with Gasteiger partial charge in [-0.05, 0) is 24.6 Å². The number of aromatic nitrogens is 1. The Balaban J connectivity index is 1.50. The van der Waals surface area contributed by atoms with Crippen molar-refractivity contribution in [3.8, 4) is 0 Å². The van der Waals surface area contributed by atoms with E-state index in [0.717, 1.165) is 5.56 Å². The van der Waals surface area contributed by atoms with E-state index in [1.807, 2.05) is 36.4 Å². The predicted octanol–water partition coefficient (Wildman–Crippen LogP) is 3.15. The minimum atomic E-state index is -0.374. The maximum atomic E-state index is 12.3. The minimum absolute atomic E-state index is 0.135. The summed E-state index contributed by atoms with van der Waals surface area (Å²) in [4.78, 5) is 24.2. The molecule has 1 aromatic carbocycles. The molecule has 140 valence electrons. The smallest absolute Gasteiger partial charge is 0.235 e. The number of furan rings is 1. The topological polar surface area (TPSA) is 97.4 Å². The van der Waals surface area contributed by atoms with Gasteiger partial charge < -0.3 is 19.6 Å². The van der Waals surface area contributed by atoms with E-state index in [9.17, 15) is 9.59 Å². The van der Waals surface area contributed by atoms with Gasteiger partial charge >= 0.3 is 0 Å². The van der Waals surface area contributed by atoms with Gasteiger partial charge in [-0.1, -0.05) is 35.5 Å². The highest BCUT2D eigenvalue weighted by Gasteiger charge is 2.19. The quantitative estimate of drug-likeness (QED) is 0.618. The van der Waals surface area contributed by atoms with Crippen LogP contribution in [0.1, 0.15) is 23.1 Å². The molecule has 8 heteroatoms. The van der Waals surface area contributed by atoms with Gasteiger partial charge in [-0.15, -0.1) is 11.8 Å². The van der Waals surface area contributed by atoms with Crippen LogP contribution in [0.25, 0.3) is 0 Å². The first-order valence-corrected chi connectivity index (χ1v) is 9.46. The van der Waals surface area contributed by atoms with Crippen LogP contribution in [0, 0.1) is 6.92 Å². The molecule has 1 unspecified atom stereocenters. The summed E-state index contributed by atoms with van der Waals surface area (Å²) in [6.45, 7) is 1.74. The Morgan fingerprint density at radius 2 is 1.89 bits per heavy atom. The van der Waals surface area contributed by atoms with Crippen LogP contribution in [0.15, 0.2) is 63.7 Å². The molecule has 0 bridgehead atoms. The second kappa shape index (κ2) is 9.09. The first-order valence-electron chi connectivity index (χ1n) is 8.30. The SMILES string of the molecule is Cc1cc(NC(=O)CSCC(=O)NC(c2ccccc2)c2ccco2)no1. The second-order valence-corrected chi connectivity index (χ2v) is 6.78. The minimum Gasteiger partial charge on any atom is -0.467 e. The average Bonchev–Trinajstić information content (AvgIpc) is 3.32. The Morgan fingerprint density at radius 1 is 1.11 bits per heavy atom. The molecule has 0 fully saturated rings. The number of carbonyl (C=O) groups is 2. The van der Waals surface area contributed by atoms with Crippen LogP contribution in [-0.4, -0.2) is 28.5 Å².